The smallest absolute Gasteiger partial charge is 0.340 e. The maximum atomic E-state index is 12.8. The average molecular weight is 383 g/mol. The lowest BCUT2D eigenvalue weighted by Gasteiger charge is -2.31. The molecule has 0 heterocycles. The molecule has 0 atom stereocenters. The molecule has 0 unspecified atom stereocenters. The highest BCUT2D eigenvalue weighted by Gasteiger charge is 2.36. The molecule has 2 aromatic rings. The number of rotatable bonds is 11. The van der Waals surface area contributed by atoms with Crippen LogP contribution in [0, 0.1) is 0 Å². The fraction of sp³-hybridized carbons (Fsp3) is 0.391. The van der Waals surface area contributed by atoms with E-state index in [1.807, 2.05) is 74.5 Å². The Hall–Kier alpha value is -2.82. The molecule has 0 aromatic heterocycles. The van der Waals surface area contributed by atoms with E-state index in [9.17, 15) is 9.59 Å². The van der Waals surface area contributed by atoms with Gasteiger partial charge in [0.2, 0.25) is 6.04 Å². The van der Waals surface area contributed by atoms with Gasteiger partial charge in [0.1, 0.15) is 0 Å². The maximum Gasteiger partial charge on any atom is 0.340 e. The molecular formula is C23H29NO4. The largest absolute Gasteiger partial charge is 0.464 e. The Morgan fingerprint density at radius 3 is 1.82 bits per heavy atom. The third kappa shape index (κ3) is 6.41. The minimum absolute atomic E-state index is 0.276. The van der Waals surface area contributed by atoms with Crippen LogP contribution in [0.5, 0.6) is 0 Å². The van der Waals surface area contributed by atoms with Gasteiger partial charge >= 0.3 is 11.9 Å². The molecule has 0 aliphatic heterocycles. The van der Waals surface area contributed by atoms with Gasteiger partial charge in [-0.25, -0.2) is 9.59 Å². The molecule has 0 N–H and O–H groups in total. The fourth-order valence-electron chi connectivity index (χ4n) is 2.83. The van der Waals surface area contributed by atoms with E-state index < -0.39 is 18.0 Å². The molecule has 2 aromatic carbocycles. The van der Waals surface area contributed by atoms with Gasteiger partial charge < -0.3 is 14.4 Å². The molecule has 0 saturated heterocycles. The van der Waals surface area contributed by atoms with Crippen LogP contribution < -0.4 is 4.90 Å². The van der Waals surface area contributed by atoms with Crippen LogP contribution in [0.15, 0.2) is 60.7 Å². The second-order valence-electron chi connectivity index (χ2n) is 6.50. The van der Waals surface area contributed by atoms with Crippen molar-refractivity contribution in [3.63, 3.8) is 0 Å². The highest BCUT2D eigenvalue weighted by atomic mass is 16.6. The molecule has 0 radical (unpaired) electrons. The molecule has 150 valence electrons. The van der Waals surface area contributed by atoms with Crippen LogP contribution in [0.25, 0.3) is 0 Å². The van der Waals surface area contributed by atoms with Gasteiger partial charge in [-0.05, 0) is 37.0 Å². The van der Waals surface area contributed by atoms with Gasteiger partial charge in [-0.3, -0.25) is 0 Å². The first-order valence-electron chi connectivity index (χ1n) is 9.86. The molecule has 28 heavy (non-hydrogen) atoms. The van der Waals surface area contributed by atoms with Crippen LogP contribution in [0.3, 0.4) is 0 Å². The molecule has 0 amide bonds. The summed E-state index contributed by atoms with van der Waals surface area (Å²) >= 11 is 0. The molecular weight excluding hydrogens is 354 g/mol. The number of esters is 2. The summed E-state index contributed by atoms with van der Waals surface area (Å²) in [6, 6.07) is 18.3. The molecule has 2 rings (SSSR count). The highest BCUT2D eigenvalue weighted by molar-refractivity contribution is 6.02. The monoisotopic (exact) mass is 383 g/mol. The minimum Gasteiger partial charge on any atom is -0.464 e. The third-order valence-corrected chi connectivity index (χ3v) is 4.23. The van der Waals surface area contributed by atoms with Crippen molar-refractivity contribution in [3.8, 4) is 0 Å². The summed E-state index contributed by atoms with van der Waals surface area (Å²) < 4.78 is 10.7. The van der Waals surface area contributed by atoms with Crippen molar-refractivity contribution in [3.05, 3.63) is 66.2 Å². The molecule has 0 spiro atoms. The SMILES string of the molecule is CCCOC(=O)C(C(=O)OCCC)N(CCc1ccccc1)c1ccccc1. The standard InChI is InChI=1S/C23H29NO4/c1-3-17-27-22(25)21(23(26)28-18-4-2)24(20-13-9-6-10-14-20)16-15-19-11-7-5-8-12-19/h5-14,21H,3-4,15-18H2,1-2H3. The number of ether oxygens (including phenoxy) is 2. The summed E-state index contributed by atoms with van der Waals surface area (Å²) in [6.07, 6.45) is 2.07. The maximum absolute atomic E-state index is 12.8. The first-order chi connectivity index (χ1) is 13.7. The molecule has 0 fully saturated rings. The third-order valence-electron chi connectivity index (χ3n) is 4.23. The van der Waals surface area contributed by atoms with E-state index in [2.05, 4.69) is 0 Å². The van der Waals surface area contributed by atoms with Crippen molar-refractivity contribution >= 4 is 17.6 Å². The van der Waals surface area contributed by atoms with Crippen molar-refractivity contribution in [2.75, 3.05) is 24.7 Å². The lowest BCUT2D eigenvalue weighted by Crippen LogP contribution is -2.49. The average Bonchev–Trinajstić information content (AvgIpc) is 2.74. The van der Waals surface area contributed by atoms with E-state index in [4.69, 9.17) is 9.47 Å². The number of carbonyl (C=O) groups is 2. The van der Waals surface area contributed by atoms with Gasteiger partial charge in [-0.2, -0.15) is 0 Å². The quantitative estimate of drug-likeness (QED) is 0.433. The summed E-state index contributed by atoms with van der Waals surface area (Å²) in [5.41, 5.74) is 1.91. The van der Waals surface area contributed by atoms with Crippen molar-refractivity contribution < 1.29 is 19.1 Å². The van der Waals surface area contributed by atoms with E-state index in [1.54, 1.807) is 4.90 Å². The molecule has 5 heteroatoms. The highest BCUT2D eigenvalue weighted by Crippen LogP contribution is 2.20. The number of nitrogens with zero attached hydrogens (tertiary/aromatic N) is 1. The summed E-state index contributed by atoms with van der Waals surface area (Å²) in [5, 5.41) is 0. The van der Waals surface area contributed by atoms with E-state index >= 15 is 0 Å². The van der Waals surface area contributed by atoms with Gasteiger partial charge in [0.05, 0.1) is 13.2 Å². The molecule has 5 nitrogen and oxygen atoms in total. The second-order valence-corrected chi connectivity index (χ2v) is 6.50. The lowest BCUT2D eigenvalue weighted by molar-refractivity contribution is -0.157. The zero-order chi connectivity index (χ0) is 20.2. The summed E-state index contributed by atoms with van der Waals surface area (Å²) in [5.74, 6) is -1.14. The van der Waals surface area contributed by atoms with Gasteiger partial charge in [0.25, 0.3) is 0 Å². The predicted molar refractivity (Wildman–Crippen MR) is 110 cm³/mol. The van der Waals surface area contributed by atoms with Crippen LogP contribution in [0.2, 0.25) is 0 Å². The number of hydrogen-bond acceptors (Lipinski definition) is 5. The summed E-state index contributed by atoms with van der Waals surface area (Å²) in [6.45, 7) is 4.88. The zero-order valence-corrected chi connectivity index (χ0v) is 16.7. The number of benzene rings is 2. The van der Waals surface area contributed by atoms with Crippen molar-refractivity contribution in [1.82, 2.24) is 0 Å². The lowest BCUT2D eigenvalue weighted by atomic mass is 10.1. The van der Waals surface area contributed by atoms with Crippen molar-refractivity contribution in [2.24, 2.45) is 0 Å². The fourth-order valence-corrected chi connectivity index (χ4v) is 2.83. The number of hydrogen-bond donors (Lipinski definition) is 0. The van der Waals surface area contributed by atoms with E-state index in [-0.39, 0.29) is 13.2 Å². The van der Waals surface area contributed by atoms with Crippen molar-refractivity contribution in [2.45, 2.75) is 39.2 Å². The molecule has 0 saturated carbocycles. The predicted octanol–water partition coefficient (Wildman–Crippen LogP) is 4.01. The first kappa shape index (κ1) is 21.5. The van der Waals surface area contributed by atoms with Crippen LogP contribution >= 0.6 is 0 Å². The van der Waals surface area contributed by atoms with E-state index in [0.29, 0.717) is 25.8 Å². The van der Waals surface area contributed by atoms with Crippen LogP contribution in [-0.4, -0.2) is 37.7 Å². The normalized spacial score (nSPS) is 10.5. The Balaban J connectivity index is 2.29. The second kappa shape index (κ2) is 11.8. The molecule has 0 aliphatic rings. The van der Waals surface area contributed by atoms with Crippen molar-refractivity contribution in [1.29, 1.82) is 0 Å². The summed E-state index contributed by atoms with van der Waals surface area (Å²) in [4.78, 5) is 27.3. The van der Waals surface area contributed by atoms with Gasteiger partial charge in [-0.15, -0.1) is 0 Å². The van der Waals surface area contributed by atoms with E-state index in [0.717, 1.165) is 11.3 Å². The Bertz CT molecular complexity index is 698. The van der Waals surface area contributed by atoms with Crippen LogP contribution in [0.1, 0.15) is 32.3 Å². The molecule has 0 aliphatic carbocycles. The van der Waals surface area contributed by atoms with Crippen LogP contribution in [-0.2, 0) is 25.5 Å². The Morgan fingerprint density at radius 1 is 0.821 bits per heavy atom. The summed E-state index contributed by atoms with van der Waals surface area (Å²) in [7, 11) is 0. The number of anilines is 1. The Morgan fingerprint density at radius 2 is 1.32 bits per heavy atom. The number of carbonyl (C=O) groups excluding carboxylic acids is 2. The van der Waals surface area contributed by atoms with Gasteiger partial charge in [-0.1, -0.05) is 62.4 Å². The Labute approximate surface area is 167 Å². The first-order valence-corrected chi connectivity index (χ1v) is 9.86. The Kier molecular flexibility index (Phi) is 9.05. The zero-order valence-electron chi connectivity index (χ0n) is 16.7. The van der Waals surface area contributed by atoms with E-state index in [1.165, 1.54) is 0 Å². The van der Waals surface area contributed by atoms with Gasteiger partial charge in [0, 0.05) is 12.2 Å². The van der Waals surface area contributed by atoms with Gasteiger partial charge in [0.15, 0.2) is 0 Å². The van der Waals surface area contributed by atoms with Crippen LogP contribution in [0.4, 0.5) is 5.69 Å². The minimum atomic E-state index is -1.12. The molecule has 0 bridgehead atoms. The topological polar surface area (TPSA) is 55.8 Å². The number of para-hydroxylation sites is 1.